The van der Waals surface area contributed by atoms with E-state index in [1.807, 2.05) is 0 Å². The molecule has 6 nitrogen and oxygen atoms in total. The van der Waals surface area contributed by atoms with E-state index in [2.05, 4.69) is 6.58 Å². The second-order valence-electron chi connectivity index (χ2n) is 3.50. The van der Waals surface area contributed by atoms with Gasteiger partial charge in [0.2, 0.25) is 0 Å². The first-order valence-electron chi connectivity index (χ1n) is 4.81. The number of imide groups is 1. The summed E-state index contributed by atoms with van der Waals surface area (Å²) in [5.74, 6) is -0.964. The molecule has 0 atom stereocenters. The van der Waals surface area contributed by atoms with Crippen molar-refractivity contribution in [3.05, 3.63) is 52.1 Å². The summed E-state index contributed by atoms with van der Waals surface area (Å²) in [6.07, 6.45) is 1.43. The predicted molar refractivity (Wildman–Crippen MR) is 58.7 cm³/mol. The van der Waals surface area contributed by atoms with Crippen LogP contribution in [-0.4, -0.2) is 28.2 Å². The number of rotatable bonds is 3. The molecule has 0 aliphatic carbocycles. The van der Waals surface area contributed by atoms with Crippen molar-refractivity contribution in [2.75, 3.05) is 6.54 Å². The zero-order valence-corrected chi connectivity index (χ0v) is 8.75. The Balaban J connectivity index is 2.50. The average Bonchev–Trinajstić information content (AvgIpc) is 2.54. The summed E-state index contributed by atoms with van der Waals surface area (Å²) in [5.41, 5.74) is 0.0684. The van der Waals surface area contributed by atoms with Crippen LogP contribution < -0.4 is 0 Å². The molecule has 1 aliphatic heterocycles. The molecule has 0 radical (unpaired) electrons. The Morgan fingerprint density at radius 3 is 2.53 bits per heavy atom. The lowest BCUT2D eigenvalue weighted by Crippen LogP contribution is -2.29. The van der Waals surface area contributed by atoms with E-state index in [0.717, 1.165) is 11.0 Å². The molecular formula is C11H8N2O4. The van der Waals surface area contributed by atoms with Crippen LogP contribution >= 0.6 is 0 Å². The van der Waals surface area contributed by atoms with Crippen molar-refractivity contribution >= 4 is 17.5 Å². The Hall–Kier alpha value is -2.50. The number of hydrogen-bond acceptors (Lipinski definition) is 4. The van der Waals surface area contributed by atoms with Crippen LogP contribution in [0.3, 0.4) is 0 Å². The van der Waals surface area contributed by atoms with E-state index >= 15 is 0 Å². The lowest BCUT2D eigenvalue weighted by atomic mass is 10.1. The van der Waals surface area contributed by atoms with Gasteiger partial charge in [-0.3, -0.25) is 24.6 Å². The van der Waals surface area contributed by atoms with Crippen LogP contribution in [0.4, 0.5) is 5.69 Å². The van der Waals surface area contributed by atoms with E-state index in [1.54, 1.807) is 0 Å². The minimum absolute atomic E-state index is 0.0750. The van der Waals surface area contributed by atoms with Crippen LogP contribution in [0.1, 0.15) is 20.7 Å². The number of non-ortho nitro benzene ring substituents is 1. The third-order valence-electron chi connectivity index (χ3n) is 2.48. The van der Waals surface area contributed by atoms with Crippen LogP contribution in [-0.2, 0) is 0 Å². The fourth-order valence-electron chi connectivity index (χ4n) is 1.69. The van der Waals surface area contributed by atoms with Crippen LogP contribution in [0.25, 0.3) is 0 Å². The monoisotopic (exact) mass is 232 g/mol. The standard InChI is InChI=1S/C11H8N2O4/c1-2-5-12-10(14)8-4-3-7(13(16)17)6-9(8)11(12)15/h2-4,6H,1,5H2. The Kier molecular flexibility index (Phi) is 2.47. The maximum absolute atomic E-state index is 11.8. The number of carbonyl (C=O) groups is 2. The van der Waals surface area contributed by atoms with Gasteiger partial charge in [-0.2, -0.15) is 0 Å². The van der Waals surface area contributed by atoms with Crippen molar-refractivity contribution in [2.24, 2.45) is 0 Å². The van der Waals surface area contributed by atoms with Crippen molar-refractivity contribution in [1.82, 2.24) is 4.90 Å². The Morgan fingerprint density at radius 2 is 1.94 bits per heavy atom. The molecule has 0 unspecified atom stereocenters. The molecule has 1 heterocycles. The molecule has 1 aliphatic rings. The average molecular weight is 232 g/mol. The summed E-state index contributed by atoms with van der Waals surface area (Å²) in [5, 5.41) is 10.6. The first-order valence-corrected chi connectivity index (χ1v) is 4.81. The van der Waals surface area contributed by atoms with E-state index in [9.17, 15) is 19.7 Å². The summed E-state index contributed by atoms with van der Waals surface area (Å²) >= 11 is 0. The lowest BCUT2D eigenvalue weighted by molar-refractivity contribution is -0.384. The zero-order valence-electron chi connectivity index (χ0n) is 8.75. The predicted octanol–water partition coefficient (Wildman–Crippen LogP) is 1.38. The molecule has 0 N–H and O–H groups in total. The van der Waals surface area contributed by atoms with Gasteiger partial charge < -0.3 is 0 Å². The summed E-state index contributed by atoms with van der Waals surface area (Å²) < 4.78 is 0. The minimum atomic E-state index is -0.603. The van der Waals surface area contributed by atoms with E-state index in [0.29, 0.717) is 0 Å². The zero-order chi connectivity index (χ0) is 12.6. The SMILES string of the molecule is C=CCN1C(=O)c2ccc([N+](=O)[O-])cc2C1=O. The highest BCUT2D eigenvalue weighted by Crippen LogP contribution is 2.26. The molecule has 6 heteroatoms. The second kappa shape index (κ2) is 3.82. The lowest BCUT2D eigenvalue weighted by Gasteiger charge is -2.09. The van der Waals surface area contributed by atoms with Gasteiger partial charge in [0, 0.05) is 18.7 Å². The normalized spacial score (nSPS) is 13.8. The fraction of sp³-hybridized carbons (Fsp3) is 0.0909. The molecule has 2 amide bonds. The minimum Gasteiger partial charge on any atom is -0.270 e. The van der Waals surface area contributed by atoms with Gasteiger partial charge in [0.25, 0.3) is 17.5 Å². The number of carbonyl (C=O) groups excluding carboxylic acids is 2. The van der Waals surface area contributed by atoms with Gasteiger partial charge >= 0.3 is 0 Å². The van der Waals surface area contributed by atoms with Gasteiger partial charge in [-0.1, -0.05) is 6.08 Å². The van der Waals surface area contributed by atoms with E-state index in [-0.39, 0.29) is 23.4 Å². The van der Waals surface area contributed by atoms with E-state index in [4.69, 9.17) is 0 Å². The maximum Gasteiger partial charge on any atom is 0.270 e. The summed E-state index contributed by atoms with van der Waals surface area (Å²) in [6, 6.07) is 3.64. The molecule has 1 aromatic rings. The first-order chi connectivity index (χ1) is 8.06. The third kappa shape index (κ3) is 1.59. The van der Waals surface area contributed by atoms with E-state index in [1.165, 1.54) is 18.2 Å². The molecule has 2 rings (SSSR count). The molecule has 0 bridgehead atoms. The van der Waals surface area contributed by atoms with Crippen molar-refractivity contribution < 1.29 is 14.5 Å². The van der Waals surface area contributed by atoms with Crippen molar-refractivity contribution in [2.45, 2.75) is 0 Å². The highest BCUT2D eigenvalue weighted by atomic mass is 16.6. The first kappa shape index (κ1) is 11.0. The molecule has 86 valence electrons. The van der Waals surface area contributed by atoms with Crippen LogP contribution in [0, 0.1) is 10.1 Å². The van der Waals surface area contributed by atoms with Crippen molar-refractivity contribution in [3.63, 3.8) is 0 Å². The summed E-state index contributed by atoms with van der Waals surface area (Å²) in [7, 11) is 0. The van der Waals surface area contributed by atoms with Gasteiger partial charge in [0.15, 0.2) is 0 Å². The Morgan fingerprint density at radius 1 is 1.29 bits per heavy atom. The topological polar surface area (TPSA) is 80.5 Å². The summed E-state index contributed by atoms with van der Waals surface area (Å²) in [6.45, 7) is 3.54. The van der Waals surface area contributed by atoms with Crippen molar-refractivity contribution in [1.29, 1.82) is 0 Å². The highest BCUT2D eigenvalue weighted by molar-refractivity contribution is 6.21. The van der Waals surface area contributed by atoms with Gasteiger partial charge in [-0.05, 0) is 6.07 Å². The quantitative estimate of drug-likeness (QED) is 0.341. The van der Waals surface area contributed by atoms with Crippen LogP contribution in [0.15, 0.2) is 30.9 Å². The number of hydrogen-bond donors (Lipinski definition) is 0. The number of nitro groups is 1. The van der Waals surface area contributed by atoms with E-state index < -0.39 is 16.7 Å². The molecule has 0 fully saturated rings. The Labute approximate surface area is 96.3 Å². The van der Waals surface area contributed by atoms with Crippen molar-refractivity contribution in [3.8, 4) is 0 Å². The number of nitrogens with zero attached hydrogens (tertiary/aromatic N) is 2. The van der Waals surface area contributed by atoms with Gasteiger partial charge in [0.1, 0.15) is 0 Å². The van der Waals surface area contributed by atoms with Gasteiger partial charge in [-0.25, -0.2) is 0 Å². The fourth-order valence-corrected chi connectivity index (χ4v) is 1.69. The highest BCUT2D eigenvalue weighted by Gasteiger charge is 2.35. The molecule has 0 saturated carbocycles. The second-order valence-corrected chi connectivity index (χ2v) is 3.50. The number of nitro benzene ring substituents is 1. The molecule has 0 aromatic heterocycles. The largest absolute Gasteiger partial charge is 0.270 e. The van der Waals surface area contributed by atoms with Crippen LogP contribution in [0.2, 0.25) is 0 Å². The molecule has 1 aromatic carbocycles. The number of amides is 2. The van der Waals surface area contributed by atoms with Crippen LogP contribution in [0.5, 0.6) is 0 Å². The molecule has 17 heavy (non-hydrogen) atoms. The molecule has 0 spiro atoms. The smallest absolute Gasteiger partial charge is 0.270 e. The maximum atomic E-state index is 11.8. The third-order valence-corrected chi connectivity index (χ3v) is 2.48. The Bertz CT molecular complexity index is 550. The number of benzene rings is 1. The summed E-state index contributed by atoms with van der Waals surface area (Å²) in [4.78, 5) is 34.5. The van der Waals surface area contributed by atoms with Gasteiger partial charge in [0.05, 0.1) is 16.1 Å². The van der Waals surface area contributed by atoms with Gasteiger partial charge in [-0.15, -0.1) is 6.58 Å². The number of fused-ring (bicyclic) bond motifs is 1. The molecule has 0 saturated heterocycles. The molecular weight excluding hydrogens is 224 g/mol.